The number of urea groups is 1. The highest BCUT2D eigenvalue weighted by Gasteiger charge is 2.48. The van der Waals surface area contributed by atoms with E-state index in [1.807, 2.05) is 6.07 Å². The smallest absolute Gasteiger partial charge is 0.319 e. The van der Waals surface area contributed by atoms with Crippen molar-refractivity contribution < 1.29 is 14.0 Å². The number of benzene rings is 2. The van der Waals surface area contributed by atoms with Crippen LogP contribution in [0, 0.1) is 5.82 Å². The highest BCUT2D eigenvalue weighted by molar-refractivity contribution is 6.08. The summed E-state index contributed by atoms with van der Waals surface area (Å²) in [7, 11) is 0. The number of nitrogens with one attached hydrogen (secondary N) is 2. The van der Waals surface area contributed by atoms with E-state index in [1.165, 1.54) is 6.07 Å². The molecule has 2 aromatic carbocycles. The van der Waals surface area contributed by atoms with Gasteiger partial charge in [-0.15, -0.1) is 0 Å². The molecule has 1 spiro atoms. The van der Waals surface area contributed by atoms with Gasteiger partial charge in [-0.3, -0.25) is 4.79 Å². The second-order valence-electron chi connectivity index (χ2n) is 8.46. The monoisotopic (exact) mass is 393 g/mol. The van der Waals surface area contributed by atoms with Gasteiger partial charge in [-0.1, -0.05) is 18.9 Å². The number of carbonyl (C=O) groups excluding carboxylic acids is 2. The lowest BCUT2D eigenvalue weighted by molar-refractivity contribution is 0.0985. The number of amides is 3. The maximum atomic E-state index is 14.7. The van der Waals surface area contributed by atoms with Crippen molar-refractivity contribution in [3.05, 3.63) is 59.4 Å². The van der Waals surface area contributed by atoms with Gasteiger partial charge in [0.15, 0.2) is 0 Å². The third-order valence-electron chi connectivity index (χ3n) is 6.38. The third-order valence-corrected chi connectivity index (χ3v) is 6.38. The minimum atomic E-state index is -0.251. The molecule has 3 amide bonds. The highest BCUT2D eigenvalue weighted by atomic mass is 19.1. The summed E-state index contributed by atoms with van der Waals surface area (Å²) in [5.74, 6) is -0.337. The van der Waals surface area contributed by atoms with Crippen molar-refractivity contribution in [2.24, 2.45) is 0 Å². The topological polar surface area (TPSA) is 61.4 Å². The number of carbonyl (C=O) groups is 2. The van der Waals surface area contributed by atoms with Crippen LogP contribution >= 0.6 is 0 Å². The fourth-order valence-electron chi connectivity index (χ4n) is 4.80. The summed E-state index contributed by atoms with van der Waals surface area (Å²) in [6, 6.07) is 12.0. The summed E-state index contributed by atoms with van der Waals surface area (Å²) < 4.78 is 14.7. The Morgan fingerprint density at radius 3 is 2.45 bits per heavy atom. The van der Waals surface area contributed by atoms with Crippen molar-refractivity contribution in [1.29, 1.82) is 0 Å². The summed E-state index contributed by atoms with van der Waals surface area (Å²) in [5.41, 5.74) is 2.32. The maximum Gasteiger partial charge on any atom is 0.319 e. The predicted octanol–water partition coefficient (Wildman–Crippen LogP) is 4.58. The first-order chi connectivity index (χ1) is 14.1. The van der Waals surface area contributed by atoms with Crippen LogP contribution in [0.3, 0.4) is 0 Å². The molecule has 0 unspecified atom stereocenters. The summed E-state index contributed by atoms with van der Waals surface area (Å²) in [6.07, 6.45) is 6.03. The Morgan fingerprint density at radius 1 is 1.03 bits per heavy atom. The van der Waals surface area contributed by atoms with E-state index in [4.69, 9.17) is 0 Å². The van der Waals surface area contributed by atoms with Crippen LogP contribution in [-0.2, 0) is 5.41 Å². The van der Waals surface area contributed by atoms with E-state index in [-0.39, 0.29) is 29.2 Å². The molecule has 0 atom stereocenters. The molecular weight excluding hydrogens is 369 g/mol. The quantitative estimate of drug-likeness (QED) is 0.802. The van der Waals surface area contributed by atoms with Gasteiger partial charge >= 0.3 is 6.03 Å². The Morgan fingerprint density at radius 2 is 1.76 bits per heavy atom. The molecular formula is C23H24FN3O2. The van der Waals surface area contributed by atoms with E-state index in [9.17, 15) is 14.0 Å². The Bertz CT molecular complexity index is 963. The number of nitrogens with zero attached hydrogens (tertiary/aromatic N) is 1. The van der Waals surface area contributed by atoms with Gasteiger partial charge in [0.1, 0.15) is 5.82 Å². The average molecular weight is 393 g/mol. The molecule has 2 fully saturated rings. The van der Waals surface area contributed by atoms with Crippen LogP contribution in [0.5, 0.6) is 0 Å². The zero-order chi connectivity index (χ0) is 20.0. The zero-order valence-corrected chi connectivity index (χ0v) is 16.2. The van der Waals surface area contributed by atoms with Gasteiger partial charge in [-0.25, -0.2) is 9.18 Å². The first-order valence-electron chi connectivity index (χ1n) is 10.3. The molecule has 2 saturated carbocycles. The van der Waals surface area contributed by atoms with Crippen LogP contribution in [0.15, 0.2) is 42.5 Å². The van der Waals surface area contributed by atoms with Crippen LogP contribution in [0.4, 0.5) is 20.6 Å². The van der Waals surface area contributed by atoms with E-state index >= 15 is 0 Å². The molecule has 3 aliphatic rings. The Labute approximate surface area is 169 Å². The minimum absolute atomic E-state index is 0.130. The minimum Gasteiger partial charge on any atom is -0.335 e. The molecule has 5 rings (SSSR count). The van der Waals surface area contributed by atoms with Gasteiger partial charge in [-0.05, 0) is 62.1 Å². The van der Waals surface area contributed by atoms with Crippen molar-refractivity contribution in [3.63, 3.8) is 0 Å². The van der Waals surface area contributed by atoms with Gasteiger partial charge in [-0.2, -0.15) is 0 Å². The number of rotatable bonds is 3. The molecule has 0 aromatic heterocycles. The first kappa shape index (κ1) is 18.2. The van der Waals surface area contributed by atoms with Crippen LogP contribution in [-0.4, -0.2) is 24.5 Å². The van der Waals surface area contributed by atoms with Crippen LogP contribution < -0.4 is 15.5 Å². The largest absolute Gasteiger partial charge is 0.335 e. The molecule has 2 N–H and O–H groups in total. The van der Waals surface area contributed by atoms with Gasteiger partial charge in [0, 0.05) is 34.8 Å². The molecule has 1 aliphatic heterocycles. The lowest BCUT2D eigenvalue weighted by atomic mass is 9.80. The van der Waals surface area contributed by atoms with Gasteiger partial charge in [0.25, 0.3) is 5.91 Å². The number of hydrogen-bond donors (Lipinski definition) is 2. The summed E-state index contributed by atoms with van der Waals surface area (Å²) in [4.78, 5) is 26.9. The lowest BCUT2D eigenvalue weighted by Crippen LogP contribution is -2.35. The molecule has 2 aromatic rings. The Balaban J connectivity index is 1.37. The number of hydrogen-bond acceptors (Lipinski definition) is 2. The second kappa shape index (κ2) is 6.87. The molecule has 0 saturated heterocycles. The van der Waals surface area contributed by atoms with Crippen molar-refractivity contribution in [3.8, 4) is 0 Å². The van der Waals surface area contributed by atoms with Crippen LogP contribution in [0.1, 0.15) is 54.4 Å². The van der Waals surface area contributed by atoms with Crippen LogP contribution in [0.2, 0.25) is 0 Å². The molecule has 29 heavy (non-hydrogen) atoms. The average Bonchev–Trinajstić information content (AvgIpc) is 3.29. The lowest BCUT2D eigenvalue weighted by Gasteiger charge is -2.25. The van der Waals surface area contributed by atoms with Crippen molar-refractivity contribution in [2.45, 2.75) is 50.0 Å². The van der Waals surface area contributed by atoms with Gasteiger partial charge in [0.05, 0.1) is 5.69 Å². The van der Waals surface area contributed by atoms with Crippen molar-refractivity contribution >= 4 is 23.3 Å². The van der Waals surface area contributed by atoms with E-state index in [0.29, 0.717) is 29.0 Å². The molecule has 0 radical (unpaired) electrons. The molecule has 6 heteroatoms. The fraction of sp³-hybridized carbons (Fsp3) is 0.391. The van der Waals surface area contributed by atoms with E-state index < -0.39 is 0 Å². The van der Waals surface area contributed by atoms with Gasteiger partial charge in [0.2, 0.25) is 0 Å². The molecule has 0 bridgehead atoms. The number of halogens is 1. The van der Waals surface area contributed by atoms with Crippen molar-refractivity contribution in [2.75, 3.05) is 16.8 Å². The van der Waals surface area contributed by atoms with Crippen LogP contribution in [0.25, 0.3) is 0 Å². The molecule has 1 heterocycles. The zero-order valence-electron chi connectivity index (χ0n) is 16.2. The summed E-state index contributed by atoms with van der Waals surface area (Å²) in [5, 5.41) is 5.65. The fourth-order valence-corrected chi connectivity index (χ4v) is 4.80. The molecule has 2 aliphatic carbocycles. The Hall–Kier alpha value is -2.89. The van der Waals surface area contributed by atoms with E-state index in [2.05, 4.69) is 10.6 Å². The SMILES string of the molecule is O=C(Nc1ccc(C(=O)N2CC3(CCCC3)c3c(F)cccc32)cc1)NC1CC1. The summed E-state index contributed by atoms with van der Waals surface area (Å²) >= 11 is 0. The third kappa shape index (κ3) is 3.26. The molecule has 150 valence electrons. The number of anilines is 2. The predicted molar refractivity (Wildman–Crippen MR) is 110 cm³/mol. The normalized spacial score (nSPS) is 19.3. The van der Waals surface area contributed by atoms with E-state index in [0.717, 1.165) is 38.5 Å². The number of fused-ring (bicyclic) bond motifs is 2. The standard InChI is InChI=1S/C23H24FN3O2/c24-18-4-3-5-19-20(18)23(12-1-2-13-23)14-27(19)21(28)15-6-8-16(9-7-15)25-22(29)26-17-10-11-17/h3-9,17H,1-2,10-14H2,(H2,25,26,29). The van der Waals surface area contributed by atoms with E-state index in [1.54, 1.807) is 35.2 Å². The van der Waals surface area contributed by atoms with Crippen molar-refractivity contribution in [1.82, 2.24) is 5.32 Å². The second-order valence-corrected chi connectivity index (χ2v) is 8.46. The van der Waals surface area contributed by atoms with Gasteiger partial charge < -0.3 is 15.5 Å². The molecule has 5 nitrogen and oxygen atoms in total. The highest BCUT2D eigenvalue weighted by Crippen LogP contribution is 2.51. The maximum absolute atomic E-state index is 14.7. The first-order valence-corrected chi connectivity index (χ1v) is 10.3. The Kier molecular flexibility index (Phi) is 4.30. The summed E-state index contributed by atoms with van der Waals surface area (Å²) in [6.45, 7) is 0.534.